The summed E-state index contributed by atoms with van der Waals surface area (Å²) in [5.41, 5.74) is 1.59. The molecule has 3 N–H and O–H groups in total. The molecule has 0 aliphatic heterocycles. The minimum atomic E-state index is 0.146. The van der Waals surface area contributed by atoms with Gasteiger partial charge in [0.15, 0.2) is 0 Å². The highest BCUT2D eigenvalue weighted by atomic mass is 79.9. The van der Waals surface area contributed by atoms with Gasteiger partial charge in [-0.2, -0.15) is 0 Å². The number of hydrogen-bond acceptors (Lipinski definition) is 2. The van der Waals surface area contributed by atoms with E-state index in [1.54, 1.807) is 0 Å². The summed E-state index contributed by atoms with van der Waals surface area (Å²) in [4.78, 5) is 2.84. The molecule has 62 valence electrons. The van der Waals surface area contributed by atoms with Gasteiger partial charge >= 0.3 is 0 Å². The third kappa shape index (κ3) is 0.956. The number of aromatic hydroxyl groups is 1. The molecule has 0 spiro atoms. The van der Waals surface area contributed by atoms with Crippen LogP contribution in [0, 0.1) is 0 Å². The first kappa shape index (κ1) is 7.49. The summed E-state index contributed by atoms with van der Waals surface area (Å²) in [6.07, 6.45) is 0. The van der Waals surface area contributed by atoms with Crippen LogP contribution in [0.2, 0.25) is 0 Å². The zero-order valence-corrected chi connectivity index (χ0v) is 7.72. The van der Waals surface area contributed by atoms with Crippen LogP contribution in [0.15, 0.2) is 24.3 Å². The van der Waals surface area contributed by atoms with Gasteiger partial charge in [0.05, 0.1) is 5.52 Å². The fraction of sp³-hybridized carbons (Fsp3) is 0. The Morgan fingerprint density at radius 2 is 2.08 bits per heavy atom. The van der Waals surface area contributed by atoms with E-state index in [0.29, 0.717) is 5.69 Å². The maximum absolute atomic E-state index is 9.39. The van der Waals surface area contributed by atoms with Gasteiger partial charge in [-0.3, -0.25) is 0 Å². The molecule has 0 saturated carbocycles. The molecule has 1 heterocycles. The highest BCUT2D eigenvalue weighted by Gasteiger charge is 2.07. The molecular weight excluding hydrogens is 220 g/mol. The summed E-state index contributed by atoms with van der Waals surface area (Å²) in [6.45, 7) is 0. The van der Waals surface area contributed by atoms with Gasteiger partial charge in [0, 0.05) is 21.5 Å². The van der Waals surface area contributed by atoms with Crippen molar-refractivity contribution in [2.24, 2.45) is 0 Å². The molecule has 12 heavy (non-hydrogen) atoms. The van der Waals surface area contributed by atoms with Crippen molar-refractivity contribution in [3.63, 3.8) is 0 Å². The number of nitrogens with one attached hydrogen (secondary N) is 2. The van der Waals surface area contributed by atoms with E-state index in [1.165, 1.54) is 0 Å². The lowest BCUT2D eigenvalue weighted by atomic mass is 10.2. The molecule has 0 amide bonds. The number of aromatic amines is 1. The topological polar surface area (TPSA) is 48.0 Å². The van der Waals surface area contributed by atoms with Crippen molar-refractivity contribution in [3.05, 3.63) is 24.3 Å². The minimum Gasteiger partial charge on any atom is -0.493 e. The zero-order valence-electron chi connectivity index (χ0n) is 6.13. The number of benzene rings is 1. The summed E-state index contributed by atoms with van der Waals surface area (Å²) >= 11 is 3.08. The van der Waals surface area contributed by atoms with Gasteiger partial charge in [0.1, 0.15) is 5.69 Å². The largest absolute Gasteiger partial charge is 0.493 e. The molecule has 0 radical (unpaired) electrons. The molecule has 2 rings (SSSR count). The number of anilines is 1. The first-order valence-corrected chi connectivity index (χ1v) is 4.28. The molecule has 0 aliphatic carbocycles. The minimum absolute atomic E-state index is 0.146. The fourth-order valence-corrected chi connectivity index (χ4v) is 1.62. The van der Waals surface area contributed by atoms with Crippen LogP contribution in [0.5, 0.6) is 5.88 Å². The maximum Gasteiger partial charge on any atom is 0.214 e. The molecule has 0 bridgehead atoms. The van der Waals surface area contributed by atoms with E-state index < -0.39 is 0 Å². The van der Waals surface area contributed by atoms with Gasteiger partial charge in [-0.05, 0) is 6.07 Å². The van der Waals surface area contributed by atoms with Crippen LogP contribution in [0.4, 0.5) is 5.69 Å². The van der Waals surface area contributed by atoms with E-state index in [1.807, 2.05) is 24.3 Å². The normalized spacial score (nSPS) is 10.4. The summed E-state index contributed by atoms with van der Waals surface area (Å²) in [6, 6.07) is 7.66. The first-order valence-electron chi connectivity index (χ1n) is 3.49. The van der Waals surface area contributed by atoms with Crippen LogP contribution < -0.4 is 4.34 Å². The van der Waals surface area contributed by atoms with Crippen molar-refractivity contribution in [3.8, 4) is 5.88 Å². The molecule has 0 saturated heterocycles. The Balaban J connectivity index is 2.81. The number of para-hydroxylation sites is 1. The number of hydrogen-bond donors (Lipinski definition) is 3. The lowest BCUT2D eigenvalue weighted by Gasteiger charge is -1.93. The maximum atomic E-state index is 9.39. The Morgan fingerprint density at radius 3 is 2.83 bits per heavy atom. The summed E-state index contributed by atoms with van der Waals surface area (Å²) in [7, 11) is 0. The number of aromatic nitrogens is 1. The van der Waals surface area contributed by atoms with Gasteiger partial charge < -0.3 is 14.4 Å². The van der Waals surface area contributed by atoms with Crippen molar-refractivity contribution in [2.75, 3.05) is 4.34 Å². The Bertz CT molecular complexity index is 410. The Kier molecular flexibility index (Phi) is 1.69. The summed E-state index contributed by atoms with van der Waals surface area (Å²) < 4.78 is 2.75. The van der Waals surface area contributed by atoms with Crippen LogP contribution in [0.3, 0.4) is 0 Å². The quantitative estimate of drug-likeness (QED) is 0.655. The van der Waals surface area contributed by atoms with Crippen LogP contribution in [0.1, 0.15) is 0 Å². The second-order valence-corrected chi connectivity index (χ2v) is 2.89. The Labute approximate surface area is 77.7 Å². The highest BCUT2D eigenvalue weighted by molar-refractivity contribution is 9.10. The molecule has 1 aromatic heterocycles. The second-order valence-electron chi connectivity index (χ2n) is 2.49. The lowest BCUT2D eigenvalue weighted by molar-refractivity contribution is 0.461. The van der Waals surface area contributed by atoms with E-state index in [9.17, 15) is 5.11 Å². The lowest BCUT2D eigenvalue weighted by Crippen LogP contribution is -1.75. The predicted octanol–water partition coefficient (Wildman–Crippen LogP) is 2.60. The highest BCUT2D eigenvalue weighted by Crippen LogP contribution is 2.32. The van der Waals surface area contributed by atoms with Crippen molar-refractivity contribution in [1.82, 2.24) is 4.98 Å². The van der Waals surface area contributed by atoms with Crippen LogP contribution in [-0.2, 0) is 0 Å². The van der Waals surface area contributed by atoms with Crippen molar-refractivity contribution >= 4 is 32.7 Å². The van der Waals surface area contributed by atoms with E-state index >= 15 is 0 Å². The Hall–Kier alpha value is -1.16. The number of rotatable bonds is 1. The fourth-order valence-electron chi connectivity index (χ4n) is 1.22. The summed E-state index contributed by atoms with van der Waals surface area (Å²) in [5, 5.41) is 10.4. The molecule has 0 atom stereocenters. The molecule has 0 unspecified atom stereocenters. The third-order valence-corrected chi connectivity index (χ3v) is 2.18. The van der Waals surface area contributed by atoms with Gasteiger partial charge in [-0.15, -0.1) is 0 Å². The van der Waals surface area contributed by atoms with Gasteiger partial charge in [-0.1, -0.05) is 18.2 Å². The third-order valence-electron chi connectivity index (χ3n) is 1.78. The van der Waals surface area contributed by atoms with E-state index in [-0.39, 0.29) is 5.88 Å². The van der Waals surface area contributed by atoms with Gasteiger partial charge in [-0.25, -0.2) is 0 Å². The number of halogens is 1. The van der Waals surface area contributed by atoms with E-state index in [0.717, 1.165) is 10.9 Å². The average Bonchev–Trinajstić information content (AvgIpc) is 2.40. The SMILES string of the molecule is Oc1[nH]c2ccccc2c1NBr. The zero-order chi connectivity index (χ0) is 8.55. The van der Waals surface area contributed by atoms with Crippen molar-refractivity contribution < 1.29 is 5.11 Å². The van der Waals surface area contributed by atoms with E-state index in [4.69, 9.17) is 0 Å². The first-order chi connectivity index (χ1) is 5.83. The van der Waals surface area contributed by atoms with E-state index in [2.05, 4.69) is 25.5 Å². The molecule has 0 aliphatic rings. The Morgan fingerprint density at radius 1 is 1.33 bits per heavy atom. The molecule has 4 heteroatoms. The average molecular weight is 227 g/mol. The summed E-state index contributed by atoms with van der Waals surface area (Å²) in [5.74, 6) is 0.146. The molecular formula is C8H7BrN2O. The van der Waals surface area contributed by atoms with Crippen LogP contribution >= 0.6 is 16.1 Å². The second kappa shape index (κ2) is 2.71. The standard InChI is InChI=1S/C8H7BrN2O/c9-11-7-5-3-1-2-4-6(5)10-8(7)12/h1-4,10-12H. The molecule has 1 aromatic carbocycles. The predicted molar refractivity (Wildman–Crippen MR) is 52.5 cm³/mol. The monoisotopic (exact) mass is 226 g/mol. The smallest absolute Gasteiger partial charge is 0.214 e. The molecule has 3 nitrogen and oxygen atoms in total. The number of fused-ring (bicyclic) bond motifs is 1. The molecule has 2 aromatic rings. The van der Waals surface area contributed by atoms with Crippen LogP contribution in [-0.4, -0.2) is 10.1 Å². The van der Waals surface area contributed by atoms with Crippen molar-refractivity contribution in [1.29, 1.82) is 0 Å². The van der Waals surface area contributed by atoms with Gasteiger partial charge in [0.25, 0.3) is 0 Å². The molecule has 0 fully saturated rings. The van der Waals surface area contributed by atoms with Crippen molar-refractivity contribution in [2.45, 2.75) is 0 Å². The number of H-pyrrole nitrogens is 1. The van der Waals surface area contributed by atoms with Crippen LogP contribution in [0.25, 0.3) is 10.9 Å². The van der Waals surface area contributed by atoms with Gasteiger partial charge in [0.2, 0.25) is 5.88 Å².